The van der Waals surface area contributed by atoms with E-state index in [2.05, 4.69) is 10.1 Å². The molecule has 1 atom stereocenters. The molecule has 0 N–H and O–H groups in total. The molecule has 6 heteroatoms. The molecule has 3 aromatic rings. The lowest BCUT2D eigenvalue weighted by atomic mass is 9.92. The van der Waals surface area contributed by atoms with Gasteiger partial charge in [-0.15, -0.1) is 0 Å². The van der Waals surface area contributed by atoms with Crippen LogP contribution in [0.2, 0.25) is 0 Å². The normalized spacial score (nSPS) is 12.0. The van der Waals surface area contributed by atoms with Gasteiger partial charge in [-0.1, -0.05) is 12.1 Å². The first kappa shape index (κ1) is 12.9. The summed E-state index contributed by atoms with van der Waals surface area (Å²) < 4.78 is 14.8. The summed E-state index contributed by atoms with van der Waals surface area (Å²) >= 11 is 0. The molecule has 1 unspecified atom stereocenters. The third-order valence-corrected chi connectivity index (χ3v) is 3.16. The second-order valence-electron chi connectivity index (χ2n) is 4.45. The predicted molar refractivity (Wildman–Crippen MR) is 72.1 cm³/mol. The molecule has 0 aliphatic rings. The SMILES string of the molecule is N#CC(C(=O)c1cnn2ccncc12)c1cccc(F)c1. The Morgan fingerprint density at radius 1 is 1.38 bits per heavy atom. The Morgan fingerprint density at radius 2 is 2.24 bits per heavy atom. The molecule has 0 bridgehead atoms. The smallest absolute Gasteiger partial charge is 0.188 e. The number of halogens is 1. The highest BCUT2D eigenvalue weighted by Crippen LogP contribution is 2.23. The summed E-state index contributed by atoms with van der Waals surface area (Å²) in [6, 6.07) is 7.41. The summed E-state index contributed by atoms with van der Waals surface area (Å²) in [5.41, 5.74) is 1.13. The lowest BCUT2D eigenvalue weighted by Crippen LogP contribution is -2.11. The van der Waals surface area contributed by atoms with Crippen LogP contribution < -0.4 is 0 Å². The zero-order chi connectivity index (χ0) is 14.8. The van der Waals surface area contributed by atoms with Gasteiger partial charge in [-0.25, -0.2) is 8.91 Å². The van der Waals surface area contributed by atoms with Crippen molar-refractivity contribution in [2.75, 3.05) is 0 Å². The average Bonchev–Trinajstić information content (AvgIpc) is 2.92. The van der Waals surface area contributed by atoms with Crippen LogP contribution in [0.1, 0.15) is 21.8 Å². The molecule has 0 amide bonds. The fourth-order valence-electron chi connectivity index (χ4n) is 2.15. The summed E-state index contributed by atoms with van der Waals surface area (Å²) in [5.74, 6) is -1.98. The lowest BCUT2D eigenvalue weighted by molar-refractivity contribution is 0.0980. The first-order chi connectivity index (χ1) is 10.2. The summed E-state index contributed by atoms with van der Waals surface area (Å²) in [5, 5.41) is 13.3. The van der Waals surface area contributed by atoms with Crippen molar-refractivity contribution in [1.29, 1.82) is 5.26 Å². The molecule has 0 fully saturated rings. The zero-order valence-corrected chi connectivity index (χ0v) is 10.8. The number of nitrogens with zero attached hydrogens (tertiary/aromatic N) is 4. The second kappa shape index (κ2) is 5.13. The van der Waals surface area contributed by atoms with Gasteiger partial charge in [-0.2, -0.15) is 10.4 Å². The standard InChI is InChI=1S/C15H9FN4O/c16-11-3-1-2-10(6-11)12(7-17)15(21)13-8-19-20-5-4-18-9-14(13)20/h1-6,8-9,12H. The monoisotopic (exact) mass is 280 g/mol. The molecule has 0 aliphatic carbocycles. The van der Waals surface area contributed by atoms with Crippen molar-refractivity contribution in [3.8, 4) is 6.07 Å². The van der Waals surface area contributed by atoms with E-state index in [4.69, 9.17) is 0 Å². The number of nitriles is 1. The van der Waals surface area contributed by atoms with Crippen LogP contribution in [0.4, 0.5) is 4.39 Å². The van der Waals surface area contributed by atoms with Crippen LogP contribution in [0.3, 0.4) is 0 Å². The third kappa shape index (κ3) is 2.25. The first-order valence-corrected chi connectivity index (χ1v) is 6.17. The van der Waals surface area contributed by atoms with Crippen molar-refractivity contribution >= 4 is 11.3 Å². The number of hydrogen-bond acceptors (Lipinski definition) is 4. The summed E-state index contributed by atoms with van der Waals surface area (Å²) in [6.45, 7) is 0. The molecule has 21 heavy (non-hydrogen) atoms. The van der Waals surface area contributed by atoms with E-state index in [-0.39, 0.29) is 0 Å². The van der Waals surface area contributed by atoms with Gasteiger partial charge in [0.15, 0.2) is 5.78 Å². The van der Waals surface area contributed by atoms with E-state index in [1.165, 1.54) is 35.1 Å². The largest absolute Gasteiger partial charge is 0.292 e. The van der Waals surface area contributed by atoms with Crippen LogP contribution in [0.5, 0.6) is 0 Å². The van der Waals surface area contributed by atoms with Crippen LogP contribution in [0.15, 0.2) is 49.1 Å². The maximum atomic E-state index is 13.3. The minimum atomic E-state index is -1.08. The van der Waals surface area contributed by atoms with Gasteiger partial charge >= 0.3 is 0 Å². The van der Waals surface area contributed by atoms with E-state index in [9.17, 15) is 14.4 Å². The Labute approximate surface area is 119 Å². The average molecular weight is 280 g/mol. The minimum absolute atomic E-state index is 0.291. The number of benzene rings is 1. The van der Waals surface area contributed by atoms with Gasteiger partial charge in [-0.3, -0.25) is 9.78 Å². The number of ketones is 1. The molecule has 102 valence electrons. The molecule has 0 radical (unpaired) electrons. The summed E-state index contributed by atoms with van der Waals surface area (Å²) in [6.07, 6.45) is 6.04. The van der Waals surface area contributed by atoms with E-state index < -0.39 is 17.5 Å². The van der Waals surface area contributed by atoms with Gasteiger partial charge < -0.3 is 0 Å². The Morgan fingerprint density at radius 3 is 3.00 bits per heavy atom. The van der Waals surface area contributed by atoms with Crippen LogP contribution in [0.25, 0.3) is 5.52 Å². The van der Waals surface area contributed by atoms with Crippen molar-refractivity contribution < 1.29 is 9.18 Å². The zero-order valence-electron chi connectivity index (χ0n) is 10.8. The summed E-state index contributed by atoms with van der Waals surface area (Å²) in [7, 11) is 0. The predicted octanol–water partition coefficient (Wildman–Crippen LogP) is 2.36. The van der Waals surface area contributed by atoms with Crippen LogP contribution in [0, 0.1) is 17.1 Å². The van der Waals surface area contributed by atoms with Gasteiger partial charge in [-0.05, 0) is 17.7 Å². The maximum Gasteiger partial charge on any atom is 0.188 e. The topological polar surface area (TPSA) is 71.0 Å². The Bertz CT molecular complexity index is 865. The van der Waals surface area contributed by atoms with Gasteiger partial charge in [0.25, 0.3) is 0 Å². The lowest BCUT2D eigenvalue weighted by Gasteiger charge is -2.07. The number of carbonyl (C=O) groups excluding carboxylic acids is 1. The minimum Gasteiger partial charge on any atom is -0.292 e. The van der Waals surface area contributed by atoms with Crippen LogP contribution in [-0.4, -0.2) is 20.4 Å². The molecule has 0 spiro atoms. The molecule has 0 saturated carbocycles. The van der Waals surface area contributed by atoms with Crippen molar-refractivity contribution in [1.82, 2.24) is 14.6 Å². The first-order valence-electron chi connectivity index (χ1n) is 6.17. The Balaban J connectivity index is 2.06. The van der Waals surface area contributed by atoms with E-state index in [1.807, 2.05) is 6.07 Å². The number of aromatic nitrogens is 3. The highest BCUT2D eigenvalue weighted by molar-refractivity contribution is 6.07. The van der Waals surface area contributed by atoms with Crippen molar-refractivity contribution in [3.05, 3.63) is 66.0 Å². The molecule has 2 heterocycles. The van der Waals surface area contributed by atoms with E-state index in [0.29, 0.717) is 16.6 Å². The highest BCUT2D eigenvalue weighted by atomic mass is 19.1. The number of rotatable bonds is 3. The molecule has 5 nitrogen and oxygen atoms in total. The van der Waals surface area contributed by atoms with E-state index in [0.717, 1.165) is 0 Å². The molecule has 1 aromatic carbocycles. The molecule has 0 saturated heterocycles. The number of hydrogen-bond donors (Lipinski definition) is 0. The molecule has 2 aromatic heterocycles. The van der Waals surface area contributed by atoms with Gasteiger partial charge in [0.1, 0.15) is 11.7 Å². The Kier molecular flexibility index (Phi) is 3.16. The van der Waals surface area contributed by atoms with E-state index in [1.54, 1.807) is 18.5 Å². The Hall–Kier alpha value is -3.07. The third-order valence-electron chi connectivity index (χ3n) is 3.16. The maximum absolute atomic E-state index is 13.3. The number of Topliss-reactive ketones (excluding diaryl/α,β-unsaturated/α-hetero) is 1. The van der Waals surface area contributed by atoms with Crippen molar-refractivity contribution in [3.63, 3.8) is 0 Å². The number of carbonyl (C=O) groups is 1. The number of fused-ring (bicyclic) bond motifs is 1. The van der Waals surface area contributed by atoms with Crippen molar-refractivity contribution in [2.24, 2.45) is 0 Å². The quantitative estimate of drug-likeness (QED) is 0.690. The van der Waals surface area contributed by atoms with Gasteiger partial charge in [0.05, 0.1) is 29.5 Å². The van der Waals surface area contributed by atoms with Crippen molar-refractivity contribution in [2.45, 2.75) is 5.92 Å². The van der Waals surface area contributed by atoms with Crippen LogP contribution >= 0.6 is 0 Å². The van der Waals surface area contributed by atoms with Gasteiger partial charge in [0.2, 0.25) is 0 Å². The molecular weight excluding hydrogens is 271 g/mol. The molecule has 0 aliphatic heterocycles. The summed E-state index contributed by atoms with van der Waals surface area (Å²) in [4.78, 5) is 16.5. The highest BCUT2D eigenvalue weighted by Gasteiger charge is 2.25. The molecule has 3 rings (SSSR count). The fraction of sp³-hybridized carbons (Fsp3) is 0.0667. The fourth-order valence-corrected chi connectivity index (χ4v) is 2.15. The van der Waals surface area contributed by atoms with Gasteiger partial charge in [0, 0.05) is 12.4 Å². The van der Waals surface area contributed by atoms with E-state index >= 15 is 0 Å². The molecular formula is C15H9FN4O. The van der Waals surface area contributed by atoms with Crippen LogP contribution in [-0.2, 0) is 0 Å². The second-order valence-corrected chi connectivity index (χ2v) is 4.45.